The van der Waals surface area contributed by atoms with Gasteiger partial charge in [-0.05, 0) is 35.7 Å². The zero-order valence-corrected chi connectivity index (χ0v) is 12.5. The zero-order valence-electron chi connectivity index (χ0n) is 11.7. The molecule has 0 spiro atoms. The summed E-state index contributed by atoms with van der Waals surface area (Å²) in [7, 11) is -3.43. The van der Waals surface area contributed by atoms with Crippen molar-refractivity contribution in [3.63, 3.8) is 0 Å². The second kappa shape index (κ2) is 6.80. The van der Waals surface area contributed by atoms with Gasteiger partial charge in [-0.25, -0.2) is 13.1 Å². The summed E-state index contributed by atoms with van der Waals surface area (Å²) in [6, 6.07) is 10.1. The highest BCUT2D eigenvalue weighted by Crippen LogP contribution is 2.14. The molecule has 1 aromatic heterocycles. The first kappa shape index (κ1) is 15.6. The monoisotopic (exact) mass is 306 g/mol. The fraction of sp³-hybridized carbons (Fsp3) is 0.267. The van der Waals surface area contributed by atoms with Crippen LogP contribution in [-0.4, -0.2) is 18.5 Å². The van der Waals surface area contributed by atoms with Gasteiger partial charge in [-0.15, -0.1) is 0 Å². The zero-order chi connectivity index (χ0) is 15.3. The molecule has 0 radical (unpaired) electrons. The fourth-order valence-electron chi connectivity index (χ4n) is 1.99. The number of hydrogen-bond donors (Lipinski definition) is 2. The van der Waals surface area contributed by atoms with Crippen molar-refractivity contribution in [3.05, 3.63) is 65.5 Å². The highest BCUT2D eigenvalue weighted by atomic mass is 32.2. The molecule has 2 rings (SSSR count). The van der Waals surface area contributed by atoms with Gasteiger partial charge in [-0.2, -0.15) is 0 Å². The number of aliphatic hydroxyl groups excluding tert-OH is 1. The first-order valence-corrected chi connectivity index (χ1v) is 8.24. The molecule has 21 heavy (non-hydrogen) atoms. The minimum Gasteiger partial charge on any atom is -0.392 e. The summed E-state index contributed by atoms with van der Waals surface area (Å²) < 4.78 is 27.0. The Hall–Kier alpha value is -1.76. The largest absolute Gasteiger partial charge is 0.392 e. The van der Waals surface area contributed by atoms with Gasteiger partial charge in [0, 0.05) is 18.4 Å². The predicted octanol–water partition coefficient (Wildman–Crippen LogP) is 1.75. The average molecular weight is 306 g/mol. The van der Waals surface area contributed by atoms with Gasteiger partial charge < -0.3 is 5.11 Å². The van der Waals surface area contributed by atoms with E-state index in [4.69, 9.17) is 5.11 Å². The van der Waals surface area contributed by atoms with Crippen LogP contribution in [0.2, 0.25) is 0 Å². The SMILES string of the molecule is CC(NS(=O)(=O)Cc1ccc(CO)cc1)c1ccncc1. The summed E-state index contributed by atoms with van der Waals surface area (Å²) >= 11 is 0. The molecule has 1 atom stereocenters. The summed E-state index contributed by atoms with van der Waals surface area (Å²) in [4.78, 5) is 3.91. The third kappa shape index (κ3) is 4.63. The Kier molecular flexibility index (Phi) is 5.06. The van der Waals surface area contributed by atoms with E-state index in [1.165, 1.54) is 0 Å². The summed E-state index contributed by atoms with van der Waals surface area (Å²) in [5.41, 5.74) is 2.31. The molecule has 0 aliphatic rings. The number of aromatic nitrogens is 1. The topological polar surface area (TPSA) is 79.3 Å². The van der Waals surface area contributed by atoms with Crippen molar-refractivity contribution < 1.29 is 13.5 Å². The third-order valence-corrected chi connectivity index (χ3v) is 4.55. The highest BCUT2D eigenvalue weighted by molar-refractivity contribution is 7.88. The van der Waals surface area contributed by atoms with Gasteiger partial charge in [0.25, 0.3) is 0 Å². The molecule has 0 saturated carbocycles. The van der Waals surface area contributed by atoms with Crippen LogP contribution in [0.1, 0.15) is 29.7 Å². The molecule has 1 heterocycles. The first-order chi connectivity index (χ1) is 10.00. The van der Waals surface area contributed by atoms with Crippen LogP contribution in [0.15, 0.2) is 48.8 Å². The second-order valence-corrected chi connectivity index (χ2v) is 6.61. The minimum atomic E-state index is -3.43. The number of rotatable bonds is 6. The average Bonchev–Trinajstić information content (AvgIpc) is 2.48. The molecule has 0 aliphatic carbocycles. The van der Waals surface area contributed by atoms with Crippen molar-refractivity contribution in [2.24, 2.45) is 0 Å². The van der Waals surface area contributed by atoms with E-state index in [-0.39, 0.29) is 18.4 Å². The van der Waals surface area contributed by atoms with Gasteiger partial charge in [-0.3, -0.25) is 4.98 Å². The van der Waals surface area contributed by atoms with E-state index in [2.05, 4.69) is 9.71 Å². The maximum Gasteiger partial charge on any atom is 0.216 e. The van der Waals surface area contributed by atoms with Gasteiger partial charge in [0.1, 0.15) is 0 Å². The summed E-state index contributed by atoms with van der Waals surface area (Å²) in [6.45, 7) is 1.74. The molecule has 1 unspecified atom stereocenters. The van der Waals surface area contributed by atoms with Crippen molar-refractivity contribution in [2.75, 3.05) is 0 Å². The Morgan fingerprint density at radius 3 is 2.24 bits per heavy atom. The molecular formula is C15H18N2O3S. The lowest BCUT2D eigenvalue weighted by Crippen LogP contribution is -2.28. The number of pyridine rings is 1. The van der Waals surface area contributed by atoms with Crippen molar-refractivity contribution in [3.8, 4) is 0 Å². The molecule has 112 valence electrons. The van der Waals surface area contributed by atoms with Crippen LogP contribution in [0.4, 0.5) is 0 Å². The molecule has 0 aliphatic heterocycles. The standard InChI is InChI=1S/C15H18N2O3S/c1-12(15-6-8-16-9-7-15)17-21(19,20)11-14-4-2-13(10-18)3-5-14/h2-9,12,17-18H,10-11H2,1H3. The molecule has 0 amide bonds. The number of nitrogens with one attached hydrogen (secondary N) is 1. The Morgan fingerprint density at radius 1 is 1.10 bits per heavy atom. The maximum absolute atomic E-state index is 12.2. The van der Waals surface area contributed by atoms with E-state index in [1.54, 1.807) is 55.7 Å². The van der Waals surface area contributed by atoms with Crippen LogP contribution in [-0.2, 0) is 22.4 Å². The van der Waals surface area contributed by atoms with E-state index in [9.17, 15) is 8.42 Å². The van der Waals surface area contributed by atoms with Gasteiger partial charge >= 0.3 is 0 Å². The number of benzene rings is 1. The van der Waals surface area contributed by atoms with Crippen LogP contribution >= 0.6 is 0 Å². The lowest BCUT2D eigenvalue weighted by Gasteiger charge is -2.14. The van der Waals surface area contributed by atoms with Gasteiger partial charge in [0.2, 0.25) is 10.0 Å². The normalized spacial score (nSPS) is 13.0. The molecule has 2 N–H and O–H groups in total. The van der Waals surface area contributed by atoms with Gasteiger partial charge in [0.15, 0.2) is 0 Å². The third-order valence-electron chi connectivity index (χ3n) is 3.12. The lowest BCUT2D eigenvalue weighted by atomic mass is 10.1. The molecule has 0 bridgehead atoms. The summed E-state index contributed by atoms with van der Waals surface area (Å²) in [6.07, 6.45) is 3.27. The Balaban J connectivity index is 2.04. The molecule has 0 saturated heterocycles. The van der Waals surface area contributed by atoms with Crippen molar-refractivity contribution in [2.45, 2.75) is 25.3 Å². The van der Waals surface area contributed by atoms with Gasteiger partial charge in [0.05, 0.1) is 12.4 Å². The first-order valence-electron chi connectivity index (χ1n) is 6.59. The predicted molar refractivity (Wildman–Crippen MR) is 80.8 cm³/mol. The van der Waals surface area contributed by atoms with Crippen LogP contribution in [0, 0.1) is 0 Å². The number of sulfonamides is 1. The van der Waals surface area contributed by atoms with Crippen LogP contribution < -0.4 is 4.72 Å². The van der Waals surface area contributed by atoms with Crippen LogP contribution in [0.5, 0.6) is 0 Å². The molecule has 5 nitrogen and oxygen atoms in total. The molecular weight excluding hydrogens is 288 g/mol. The Morgan fingerprint density at radius 2 is 1.67 bits per heavy atom. The smallest absolute Gasteiger partial charge is 0.216 e. The molecule has 0 fully saturated rings. The number of nitrogens with zero attached hydrogens (tertiary/aromatic N) is 1. The number of hydrogen-bond acceptors (Lipinski definition) is 4. The second-order valence-electron chi connectivity index (χ2n) is 4.85. The van der Waals surface area contributed by atoms with E-state index in [0.717, 1.165) is 11.1 Å². The summed E-state index contributed by atoms with van der Waals surface area (Å²) in [5.74, 6) is -0.0892. The van der Waals surface area contributed by atoms with Crippen molar-refractivity contribution >= 4 is 10.0 Å². The molecule has 1 aromatic carbocycles. The molecule has 2 aromatic rings. The minimum absolute atomic E-state index is 0.0512. The lowest BCUT2D eigenvalue weighted by molar-refractivity contribution is 0.282. The molecule has 6 heteroatoms. The van der Waals surface area contributed by atoms with Gasteiger partial charge in [-0.1, -0.05) is 24.3 Å². The van der Waals surface area contributed by atoms with Crippen molar-refractivity contribution in [1.82, 2.24) is 9.71 Å². The highest BCUT2D eigenvalue weighted by Gasteiger charge is 2.16. The van der Waals surface area contributed by atoms with Crippen LogP contribution in [0.25, 0.3) is 0 Å². The maximum atomic E-state index is 12.2. The van der Waals surface area contributed by atoms with Crippen molar-refractivity contribution in [1.29, 1.82) is 0 Å². The van der Waals surface area contributed by atoms with E-state index < -0.39 is 10.0 Å². The van der Waals surface area contributed by atoms with E-state index in [0.29, 0.717) is 5.56 Å². The fourth-order valence-corrected chi connectivity index (χ4v) is 3.38. The summed E-state index contributed by atoms with van der Waals surface area (Å²) in [5, 5.41) is 8.97. The number of aliphatic hydroxyl groups is 1. The Bertz CT molecular complexity index is 670. The van der Waals surface area contributed by atoms with E-state index in [1.807, 2.05) is 0 Å². The quantitative estimate of drug-likeness (QED) is 0.852. The Labute approximate surface area is 124 Å². The van der Waals surface area contributed by atoms with E-state index >= 15 is 0 Å². The van der Waals surface area contributed by atoms with Crippen LogP contribution in [0.3, 0.4) is 0 Å².